The molecule has 2 aromatic rings. The van der Waals surface area contributed by atoms with E-state index in [0.717, 1.165) is 22.4 Å². The average Bonchev–Trinajstić information content (AvgIpc) is 2.61. The highest BCUT2D eigenvalue weighted by atomic mass is 16.6. The molecule has 0 aliphatic carbocycles. The minimum absolute atomic E-state index is 0.000554. The summed E-state index contributed by atoms with van der Waals surface area (Å²) in [5.74, 6) is 0.000554. The van der Waals surface area contributed by atoms with E-state index in [0.29, 0.717) is 6.42 Å². The van der Waals surface area contributed by atoms with Crippen molar-refractivity contribution >= 4 is 17.7 Å². The first-order valence-electron chi connectivity index (χ1n) is 9.74. The van der Waals surface area contributed by atoms with Crippen LogP contribution in [0.25, 0.3) is 11.1 Å². The van der Waals surface area contributed by atoms with Gasteiger partial charge in [-0.3, -0.25) is 4.79 Å². The molecule has 0 bridgehead atoms. The second-order valence-electron chi connectivity index (χ2n) is 7.71. The molecule has 0 radical (unpaired) electrons. The number of rotatable bonds is 3. The van der Waals surface area contributed by atoms with Gasteiger partial charge in [0.2, 0.25) is 5.91 Å². The zero-order valence-corrected chi connectivity index (χ0v) is 17.2. The highest BCUT2D eigenvalue weighted by Crippen LogP contribution is 2.40. The van der Waals surface area contributed by atoms with Gasteiger partial charge >= 0.3 is 6.09 Å². The molecule has 28 heavy (non-hydrogen) atoms. The highest BCUT2D eigenvalue weighted by Gasteiger charge is 2.33. The van der Waals surface area contributed by atoms with Crippen molar-refractivity contribution in [3.63, 3.8) is 0 Å². The third kappa shape index (κ3) is 4.03. The first kappa shape index (κ1) is 19.9. The lowest BCUT2D eigenvalue weighted by molar-refractivity contribution is -0.117. The molecule has 0 aromatic heterocycles. The van der Waals surface area contributed by atoms with E-state index in [1.54, 1.807) is 6.92 Å². The predicted molar refractivity (Wildman–Crippen MR) is 111 cm³/mol. The van der Waals surface area contributed by atoms with Crippen LogP contribution in [0.4, 0.5) is 10.5 Å². The lowest BCUT2D eigenvalue weighted by Crippen LogP contribution is -2.45. The fourth-order valence-electron chi connectivity index (χ4n) is 3.94. The molecule has 1 N–H and O–H groups in total. The van der Waals surface area contributed by atoms with Gasteiger partial charge in [0.05, 0.1) is 12.1 Å². The van der Waals surface area contributed by atoms with Gasteiger partial charge in [-0.15, -0.1) is 0 Å². The van der Waals surface area contributed by atoms with Gasteiger partial charge in [-0.2, -0.15) is 0 Å². The van der Waals surface area contributed by atoms with E-state index in [9.17, 15) is 9.59 Å². The SMILES string of the molecule is CC(=O)N1c2ccc(-c3ccccc3C)cc2[C@H](NC(=O)OC(C)C)C[C@@H]1C. The van der Waals surface area contributed by atoms with Crippen LogP contribution >= 0.6 is 0 Å². The zero-order chi connectivity index (χ0) is 20.4. The number of fused-ring (bicyclic) bond motifs is 1. The van der Waals surface area contributed by atoms with E-state index in [2.05, 4.69) is 30.4 Å². The molecule has 1 heterocycles. The van der Waals surface area contributed by atoms with Gasteiger partial charge in [-0.05, 0) is 68.5 Å². The first-order valence-corrected chi connectivity index (χ1v) is 9.74. The topological polar surface area (TPSA) is 58.6 Å². The molecule has 0 fully saturated rings. The lowest BCUT2D eigenvalue weighted by Gasteiger charge is -2.39. The molecule has 0 saturated heterocycles. The summed E-state index contributed by atoms with van der Waals surface area (Å²) in [5.41, 5.74) is 5.17. The molecule has 148 valence electrons. The number of ether oxygens (including phenoxy) is 1. The number of aryl methyl sites for hydroxylation is 1. The van der Waals surface area contributed by atoms with Crippen LogP contribution in [0.1, 0.15) is 51.3 Å². The lowest BCUT2D eigenvalue weighted by atomic mass is 9.88. The summed E-state index contributed by atoms with van der Waals surface area (Å²) < 4.78 is 5.28. The minimum atomic E-state index is -0.435. The smallest absolute Gasteiger partial charge is 0.407 e. The maximum Gasteiger partial charge on any atom is 0.407 e. The maximum absolute atomic E-state index is 12.3. The van der Waals surface area contributed by atoms with Gasteiger partial charge in [-0.1, -0.05) is 30.3 Å². The maximum atomic E-state index is 12.3. The predicted octanol–water partition coefficient (Wildman–Crippen LogP) is 4.98. The summed E-state index contributed by atoms with van der Waals surface area (Å²) in [7, 11) is 0. The Morgan fingerprint density at radius 3 is 2.54 bits per heavy atom. The summed E-state index contributed by atoms with van der Waals surface area (Å²) in [6.45, 7) is 9.31. The van der Waals surface area contributed by atoms with Gasteiger partial charge < -0.3 is 15.0 Å². The summed E-state index contributed by atoms with van der Waals surface area (Å²) in [6.07, 6.45) is 0.0139. The fraction of sp³-hybridized carbons (Fsp3) is 0.391. The third-order valence-corrected chi connectivity index (χ3v) is 5.11. The van der Waals surface area contributed by atoms with E-state index in [1.807, 2.05) is 49.9 Å². The van der Waals surface area contributed by atoms with E-state index < -0.39 is 6.09 Å². The number of benzene rings is 2. The third-order valence-electron chi connectivity index (χ3n) is 5.11. The van der Waals surface area contributed by atoms with Crippen LogP contribution in [0.2, 0.25) is 0 Å². The molecule has 0 saturated carbocycles. The van der Waals surface area contributed by atoms with Crippen LogP contribution in [0.5, 0.6) is 0 Å². The van der Waals surface area contributed by atoms with Crippen LogP contribution in [0, 0.1) is 6.92 Å². The molecule has 0 unspecified atom stereocenters. The Bertz CT molecular complexity index is 891. The average molecular weight is 380 g/mol. The molecular weight excluding hydrogens is 352 g/mol. The summed E-state index contributed by atoms with van der Waals surface area (Å²) in [6, 6.07) is 14.1. The molecule has 3 rings (SSSR count). The summed E-state index contributed by atoms with van der Waals surface area (Å²) in [5, 5.41) is 2.99. The van der Waals surface area contributed by atoms with Crippen molar-refractivity contribution in [3.05, 3.63) is 53.6 Å². The molecule has 2 amide bonds. The number of hydrogen-bond donors (Lipinski definition) is 1. The van der Waals surface area contributed by atoms with E-state index in [4.69, 9.17) is 4.74 Å². The molecule has 1 aliphatic heterocycles. The molecule has 2 aromatic carbocycles. The van der Waals surface area contributed by atoms with Crippen LogP contribution < -0.4 is 10.2 Å². The number of hydrogen-bond acceptors (Lipinski definition) is 3. The van der Waals surface area contributed by atoms with Crippen molar-refractivity contribution in [2.24, 2.45) is 0 Å². The Labute approximate surface area is 166 Å². The van der Waals surface area contributed by atoms with E-state index in [1.165, 1.54) is 5.56 Å². The molecule has 2 atom stereocenters. The van der Waals surface area contributed by atoms with Crippen molar-refractivity contribution in [2.45, 2.75) is 59.2 Å². The Morgan fingerprint density at radius 1 is 1.18 bits per heavy atom. The standard InChI is InChI=1S/C23H28N2O3/c1-14(2)28-23(27)24-21-12-16(4)25(17(5)26)22-11-10-18(13-20(21)22)19-9-7-6-8-15(19)3/h6-11,13-14,16,21H,12H2,1-5H3,(H,24,27)/t16-,21+/m0/s1. The van der Waals surface area contributed by atoms with Gasteiger partial charge in [0.25, 0.3) is 0 Å². The molecule has 5 heteroatoms. The molecular formula is C23H28N2O3. The van der Waals surface area contributed by atoms with Crippen molar-refractivity contribution in [1.82, 2.24) is 5.32 Å². The second-order valence-corrected chi connectivity index (χ2v) is 7.71. The minimum Gasteiger partial charge on any atom is -0.447 e. The van der Waals surface area contributed by atoms with Gasteiger partial charge in [-0.25, -0.2) is 4.79 Å². The van der Waals surface area contributed by atoms with Crippen molar-refractivity contribution in [2.75, 3.05) is 4.90 Å². The molecule has 1 aliphatic rings. The Hall–Kier alpha value is -2.82. The highest BCUT2D eigenvalue weighted by molar-refractivity contribution is 5.94. The Kier molecular flexibility index (Phi) is 5.73. The quantitative estimate of drug-likeness (QED) is 0.817. The number of carbonyl (C=O) groups is 2. The van der Waals surface area contributed by atoms with Crippen molar-refractivity contribution in [1.29, 1.82) is 0 Å². The number of amides is 2. The summed E-state index contributed by atoms with van der Waals surface area (Å²) in [4.78, 5) is 26.3. The van der Waals surface area contributed by atoms with Crippen molar-refractivity contribution in [3.8, 4) is 11.1 Å². The number of anilines is 1. The number of carbonyl (C=O) groups excluding carboxylic acids is 2. The van der Waals surface area contributed by atoms with Gasteiger partial charge in [0.1, 0.15) is 0 Å². The normalized spacial score (nSPS) is 18.6. The Balaban J connectivity index is 2.05. The molecule has 5 nitrogen and oxygen atoms in total. The number of nitrogens with zero attached hydrogens (tertiary/aromatic N) is 1. The van der Waals surface area contributed by atoms with Crippen LogP contribution in [0.3, 0.4) is 0 Å². The number of alkyl carbamates (subject to hydrolysis) is 1. The van der Waals surface area contributed by atoms with Crippen LogP contribution in [0.15, 0.2) is 42.5 Å². The summed E-state index contributed by atoms with van der Waals surface area (Å²) >= 11 is 0. The second kappa shape index (κ2) is 8.05. The van der Waals surface area contributed by atoms with Gasteiger partial charge in [0.15, 0.2) is 0 Å². The fourth-order valence-corrected chi connectivity index (χ4v) is 3.94. The van der Waals surface area contributed by atoms with Crippen LogP contribution in [-0.2, 0) is 9.53 Å². The largest absolute Gasteiger partial charge is 0.447 e. The van der Waals surface area contributed by atoms with Gasteiger partial charge in [0, 0.05) is 18.7 Å². The zero-order valence-electron chi connectivity index (χ0n) is 17.2. The van der Waals surface area contributed by atoms with Crippen LogP contribution in [-0.4, -0.2) is 24.1 Å². The van der Waals surface area contributed by atoms with E-state index in [-0.39, 0.29) is 24.1 Å². The molecule has 0 spiro atoms. The van der Waals surface area contributed by atoms with Crippen molar-refractivity contribution < 1.29 is 14.3 Å². The number of nitrogens with one attached hydrogen (secondary N) is 1. The first-order chi connectivity index (χ1) is 13.3. The Morgan fingerprint density at radius 2 is 1.89 bits per heavy atom. The van der Waals surface area contributed by atoms with E-state index >= 15 is 0 Å². The monoisotopic (exact) mass is 380 g/mol.